The van der Waals surface area contributed by atoms with Gasteiger partial charge in [-0.1, -0.05) is 18.5 Å². The molecule has 0 radical (unpaired) electrons. The monoisotopic (exact) mass is 293 g/mol. The van der Waals surface area contributed by atoms with Gasteiger partial charge in [0, 0.05) is 0 Å². The van der Waals surface area contributed by atoms with Crippen LogP contribution >= 0.6 is 0 Å². The molecule has 6 heteroatoms. The van der Waals surface area contributed by atoms with Crippen molar-refractivity contribution in [2.75, 3.05) is 0 Å². The van der Waals surface area contributed by atoms with Crippen molar-refractivity contribution in [2.24, 2.45) is 16.8 Å². The number of hydrogen-bond acceptors (Lipinski definition) is 4. The second kappa shape index (κ2) is 6.20. The van der Waals surface area contributed by atoms with Crippen molar-refractivity contribution in [3.8, 4) is 0 Å². The van der Waals surface area contributed by atoms with Gasteiger partial charge < -0.3 is 20.7 Å². The Morgan fingerprint density at radius 1 is 1.52 bits per heavy atom. The van der Waals surface area contributed by atoms with Crippen LogP contribution in [0.25, 0.3) is 0 Å². The SMILES string of the molecule is CCC1CCC(NC(=O)c2ccc(C)o2)(/C(N)=N/O)CC1. The van der Waals surface area contributed by atoms with Gasteiger partial charge in [-0.05, 0) is 50.7 Å². The third-order valence-electron chi connectivity index (χ3n) is 4.45. The van der Waals surface area contributed by atoms with E-state index in [4.69, 9.17) is 15.4 Å². The van der Waals surface area contributed by atoms with Gasteiger partial charge in [0.25, 0.3) is 5.91 Å². The summed E-state index contributed by atoms with van der Waals surface area (Å²) < 4.78 is 5.33. The van der Waals surface area contributed by atoms with E-state index >= 15 is 0 Å². The van der Waals surface area contributed by atoms with Crippen LogP contribution in [0.2, 0.25) is 0 Å². The standard InChI is InChI=1S/C15H23N3O3/c1-3-11-6-8-15(9-7-11,14(16)18-20)17-13(19)12-5-4-10(2)21-12/h4-5,11,20H,3,6-9H2,1-2H3,(H2,16,18)(H,17,19). The van der Waals surface area contributed by atoms with Crippen molar-refractivity contribution in [2.45, 2.75) is 51.5 Å². The first-order chi connectivity index (χ1) is 10.0. The highest BCUT2D eigenvalue weighted by atomic mass is 16.4. The number of oxime groups is 1. The van der Waals surface area contributed by atoms with Crippen molar-refractivity contribution in [3.05, 3.63) is 23.7 Å². The Kier molecular flexibility index (Phi) is 4.55. The molecule has 1 heterocycles. The molecule has 0 aromatic carbocycles. The lowest BCUT2D eigenvalue weighted by molar-refractivity contribution is 0.0865. The zero-order chi connectivity index (χ0) is 15.5. The Morgan fingerprint density at radius 3 is 2.67 bits per heavy atom. The van der Waals surface area contributed by atoms with Gasteiger partial charge in [0.2, 0.25) is 0 Å². The lowest BCUT2D eigenvalue weighted by Gasteiger charge is -2.39. The third-order valence-corrected chi connectivity index (χ3v) is 4.45. The third kappa shape index (κ3) is 3.20. The van der Waals surface area contributed by atoms with Crippen molar-refractivity contribution in [1.82, 2.24) is 5.32 Å². The van der Waals surface area contributed by atoms with E-state index in [0.29, 0.717) is 24.5 Å². The van der Waals surface area contributed by atoms with Crippen LogP contribution in [0.5, 0.6) is 0 Å². The number of carbonyl (C=O) groups is 1. The lowest BCUT2D eigenvalue weighted by Crippen LogP contribution is -2.59. The van der Waals surface area contributed by atoms with Gasteiger partial charge in [-0.15, -0.1) is 0 Å². The molecule has 1 aliphatic rings. The Labute approximate surface area is 124 Å². The fraction of sp³-hybridized carbons (Fsp3) is 0.600. The zero-order valence-corrected chi connectivity index (χ0v) is 12.6. The highest BCUT2D eigenvalue weighted by Gasteiger charge is 2.40. The fourth-order valence-electron chi connectivity index (χ4n) is 2.96. The number of carbonyl (C=O) groups excluding carboxylic acids is 1. The second-order valence-corrected chi connectivity index (χ2v) is 5.78. The fourth-order valence-corrected chi connectivity index (χ4v) is 2.96. The number of aryl methyl sites for hydroxylation is 1. The Morgan fingerprint density at radius 2 is 2.19 bits per heavy atom. The van der Waals surface area contributed by atoms with Gasteiger partial charge in [0.05, 0.1) is 0 Å². The number of amidine groups is 1. The zero-order valence-electron chi connectivity index (χ0n) is 12.6. The number of nitrogens with two attached hydrogens (primary N) is 1. The van der Waals surface area contributed by atoms with Crippen LogP contribution in [0.1, 0.15) is 55.3 Å². The quantitative estimate of drug-likeness (QED) is 0.343. The number of rotatable bonds is 4. The van der Waals surface area contributed by atoms with Gasteiger partial charge in [-0.2, -0.15) is 0 Å². The largest absolute Gasteiger partial charge is 0.456 e. The van der Waals surface area contributed by atoms with E-state index < -0.39 is 5.54 Å². The minimum atomic E-state index is -0.780. The molecule has 6 nitrogen and oxygen atoms in total. The summed E-state index contributed by atoms with van der Waals surface area (Å²) in [5, 5.41) is 15.1. The molecule has 0 unspecified atom stereocenters. The van der Waals surface area contributed by atoms with Gasteiger partial charge >= 0.3 is 0 Å². The average Bonchev–Trinajstić information content (AvgIpc) is 2.93. The molecule has 1 fully saturated rings. The molecule has 1 saturated carbocycles. The summed E-state index contributed by atoms with van der Waals surface area (Å²) in [6.07, 6.45) is 4.35. The van der Waals surface area contributed by atoms with Crippen molar-refractivity contribution < 1.29 is 14.4 Å². The minimum absolute atomic E-state index is 0.0636. The number of amides is 1. The summed E-state index contributed by atoms with van der Waals surface area (Å²) in [6, 6.07) is 3.36. The topological polar surface area (TPSA) is 101 Å². The maximum Gasteiger partial charge on any atom is 0.287 e. The lowest BCUT2D eigenvalue weighted by atomic mass is 9.75. The average molecular weight is 293 g/mol. The number of hydrogen-bond donors (Lipinski definition) is 3. The molecular weight excluding hydrogens is 270 g/mol. The van der Waals surface area contributed by atoms with Gasteiger partial charge in [-0.3, -0.25) is 4.79 Å². The molecule has 0 saturated heterocycles. The van der Waals surface area contributed by atoms with Gasteiger partial charge in [0.1, 0.15) is 11.3 Å². The molecule has 2 rings (SSSR count). The second-order valence-electron chi connectivity index (χ2n) is 5.78. The molecular formula is C15H23N3O3. The Bertz CT molecular complexity index is 528. The summed E-state index contributed by atoms with van der Waals surface area (Å²) in [6.45, 7) is 3.94. The van der Waals surface area contributed by atoms with E-state index in [1.807, 2.05) is 0 Å². The smallest absolute Gasteiger partial charge is 0.287 e. The molecule has 21 heavy (non-hydrogen) atoms. The summed E-state index contributed by atoms with van der Waals surface area (Å²) in [5.41, 5.74) is 5.08. The predicted molar refractivity (Wildman–Crippen MR) is 79.3 cm³/mol. The summed E-state index contributed by atoms with van der Waals surface area (Å²) in [7, 11) is 0. The van der Waals surface area contributed by atoms with Gasteiger partial charge in [-0.25, -0.2) is 0 Å². The van der Waals surface area contributed by atoms with Crippen LogP contribution < -0.4 is 11.1 Å². The number of nitrogens with one attached hydrogen (secondary N) is 1. The highest BCUT2D eigenvalue weighted by molar-refractivity contribution is 5.98. The van der Waals surface area contributed by atoms with E-state index in [2.05, 4.69) is 17.4 Å². The highest BCUT2D eigenvalue weighted by Crippen LogP contribution is 2.34. The molecule has 0 aliphatic heterocycles. The molecule has 0 bridgehead atoms. The molecule has 1 aliphatic carbocycles. The number of furan rings is 1. The van der Waals surface area contributed by atoms with E-state index in [0.717, 1.165) is 19.3 Å². The molecule has 4 N–H and O–H groups in total. The minimum Gasteiger partial charge on any atom is -0.456 e. The van der Waals surface area contributed by atoms with E-state index in [9.17, 15) is 4.79 Å². The van der Waals surface area contributed by atoms with Crippen LogP contribution in [-0.4, -0.2) is 22.5 Å². The summed E-state index contributed by atoms with van der Waals surface area (Å²) in [4.78, 5) is 12.3. The normalized spacial score (nSPS) is 26.6. The van der Waals surface area contributed by atoms with Crippen LogP contribution in [0.3, 0.4) is 0 Å². The van der Waals surface area contributed by atoms with E-state index in [1.54, 1.807) is 19.1 Å². The molecule has 1 aromatic heterocycles. The number of nitrogens with zero attached hydrogens (tertiary/aromatic N) is 1. The molecule has 0 spiro atoms. The van der Waals surface area contributed by atoms with Crippen LogP contribution in [-0.2, 0) is 0 Å². The first kappa shape index (κ1) is 15.4. The summed E-state index contributed by atoms with van der Waals surface area (Å²) >= 11 is 0. The first-order valence-corrected chi connectivity index (χ1v) is 7.37. The molecule has 1 amide bonds. The first-order valence-electron chi connectivity index (χ1n) is 7.37. The predicted octanol–water partition coefficient (Wildman–Crippen LogP) is 2.40. The van der Waals surface area contributed by atoms with E-state index in [1.165, 1.54) is 0 Å². The maximum absolute atomic E-state index is 12.3. The Hall–Kier alpha value is -1.98. The van der Waals surface area contributed by atoms with Crippen LogP contribution in [0, 0.1) is 12.8 Å². The summed E-state index contributed by atoms with van der Waals surface area (Å²) in [5.74, 6) is 1.29. The molecule has 0 atom stereocenters. The van der Waals surface area contributed by atoms with Crippen LogP contribution in [0.4, 0.5) is 0 Å². The van der Waals surface area contributed by atoms with Crippen molar-refractivity contribution in [1.29, 1.82) is 0 Å². The van der Waals surface area contributed by atoms with Gasteiger partial charge in [0.15, 0.2) is 11.6 Å². The molecule has 116 valence electrons. The van der Waals surface area contributed by atoms with Crippen molar-refractivity contribution in [3.63, 3.8) is 0 Å². The van der Waals surface area contributed by atoms with Crippen LogP contribution in [0.15, 0.2) is 21.7 Å². The molecule has 1 aromatic rings. The van der Waals surface area contributed by atoms with E-state index in [-0.39, 0.29) is 17.5 Å². The Balaban J connectivity index is 2.16. The maximum atomic E-state index is 12.3. The van der Waals surface area contributed by atoms with Crippen molar-refractivity contribution >= 4 is 11.7 Å².